The van der Waals surface area contributed by atoms with Gasteiger partial charge in [0.1, 0.15) is 5.76 Å². The molecule has 0 saturated heterocycles. The summed E-state index contributed by atoms with van der Waals surface area (Å²) in [6.45, 7) is 0.333. The highest BCUT2D eigenvalue weighted by atomic mass is 32.2. The minimum atomic E-state index is -3.77. The number of aromatic nitrogens is 2. The fourth-order valence-electron chi connectivity index (χ4n) is 3.34. The summed E-state index contributed by atoms with van der Waals surface area (Å²) in [6.07, 6.45) is 0.478. The van der Waals surface area contributed by atoms with Crippen molar-refractivity contribution in [2.45, 2.75) is 28.8 Å². The number of thioether (sulfide) groups is 1. The predicted molar refractivity (Wildman–Crippen MR) is 127 cm³/mol. The van der Waals surface area contributed by atoms with Crippen molar-refractivity contribution < 1.29 is 22.4 Å². The maximum atomic E-state index is 13.2. The standard InChI is InChI=1S/C23H21N3O6S2/c1-31-22(28)20-11-8-16(32-20)14-33-23-25-19-5-3-2-4-18(19)21(27)26(23)13-12-15-6-9-17(10-7-15)34(24,29)30/h2-11H,12-14H2,1H3,(H2,24,29,30). The Labute approximate surface area is 199 Å². The van der Waals surface area contributed by atoms with E-state index in [2.05, 4.69) is 9.72 Å². The van der Waals surface area contributed by atoms with Crippen LogP contribution >= 0.6 is 11.8 Å². The number of sulfonamides is 1. The molecule has 0 atom stereocenters. The molecule has 0 aliphatic heterocycles. The largest absolute Gasteiger partial charge is 0.463 e. The van der Waals surface area contributed by atoms with Crippen LogP contribution in [0.3, 0.4) is 0 Å². The van der Waals surface area contributed by atoms with Gasteiger partial charge in [0.2, 0.25) is 15.8 Å². The van der Waals surface area contributed by atoms with E-state index in [1.54, 1.807) is 41.0 Å². The molecule has 9 nitrogen and oxygen atoms in total. The highest BCUT2D eigenvalue weighted by Crippen LogP contribution is 2.24. The van der Waals surface area contributed by atoms with E-state index in [0.717, 1.165) is 5.56 Å². The van der Waals surface area contributed by atoms with Gasteiger partial charge >= 0.3 is 5.97 Å². The van der Waals surface area contributed by atoms with Crippen LogP contribution in [0, 0.1) is 0 Å². The third kappa shape index (κ3) is 5.22. The number of furan rings is 1. The van der Waals surface area contributed by atoms with Crippen LogP contribution in [0.4, 0.5) is 0 Å². The second-order valence-corrected chi connectivity index (χ2v) is 9.86. The predicted octanol–water partition coefficient (Wildman–Crippen LogP) is 2.96. The van der Waals surface area contributed by atoms with Crippen LogP contribution < -0.4 is 10.7 Å². The van der Waals surface area contributed by atoms with E-state index in [1.807, 2.05) is 6.07 Å². The number of rotatable bonds is 8. The Morgan fingerprint density at radius 2 is 1.85 bits per heavy atom. The van der Waals surface area contributed by atoms with Crippen molar-refractivity contribution in [3.8, 4) is 0 Å². The van der Waals surface area contributed by atoms with Crippen LogP contribution in [0.2, 0.25) is 0 Å². The van der Waals surface area contributed by atoms with Crippen LogP contribution in [-0.4, -0.2) is 31.0 Å². The van der Waals surface area contributed by atoms with Gasteiger partial charge in [-0.3, -0.25) is 9.36 Å². The second-order valence-electron chi connectivity index (χ2n) is 7.35. The summed E-state index contributed by atoms with van der Waals surface area (Å²) in [5.41, 5.74) is 1.25. The third-order valence-electron chi connectivity index (χ3n) is 5.09. The Balaban J connectivity index is 1.60. The molecule has 2 aromatic heterocycles. The van der Waals surface area contributed by atoms with Crippen molar-refractivity contribution >= 4 is 38.7 Å². The van der Waals surface area contributed by atoms with Crippen LogP contribution in [-0.2, 0) is 33.5 Å². The average molecular weight is 500 g/mol. The van der Waals surface area contributed by atoms with Crippen molar-refractivity contribution in [1.82, 2.24) is 9.55 Å². The molecular weight excluding hydrogens is 478 g/mol. The molecular formula is C23H21N3O6S2. The zero-order valence-corrected chi connectivity index (χ0v) is 19.8. The summed E-state index contributed by atoms with van der Waals surface area (Å²) in [5.74, 6) is 0.429. The molecule has 0 bridgehead atoms. The fourth-order valence-corrected chi connectivity index (χ4v) is 4.78. The van der Waals surface area contributed by atoms with E-state index in [4.69, 9.17) is 9.56 Å². The summed E-state index contributed by atoms with van der Waals surface area (Å²) in [6, 6.07) is 16.5. The zero-order chi connectivity index (χ0) is 24.3. The number of nitrogens with two attached hydrogens (primary N) is 1. The second kappa shape index (κ2) is 9.84. The topological polar surface area (TPSA) is 134 Å². The van der Waals surface area contributed by atoms with Crippen molar-refractivity contribution in [3.63, 3.8) is 0 Å². The van der Waals surface area contributed by atoms with Crippen molar-refractivity contribution in [2.75, 3.05) is 7.11 Å². The lowest BCUT2D eigenvalue weighted by atomic mass is 10.1. The smallest absolute Gasteiger partial charge is 0.373 e. The van der Waals surface area contributed by atoms with Gasteiger partial charge in [-0.25, -0.2) is 23.3 Å². The SMILES string of the molecule is COC(=O)c1ccc(CSc2nc3ccccc3c(=O)n2CCc2ccc(S(N)(=O)=O)cc2)o1. The monoisotopic (exact) mass is 499 g/mol. The van der Waals surface area contributed by atoms with Gasteiger partial charge < -0.3 is 9.15 Å². The summed E-state index contributed by atoms with van der Waals surface area (Å²) in [4.78, 5) is 29.5. The number of carbonyl (C=O) groups is 1. The maximum Gasteiger partial charge on any atom is 0.373 e. The van der Waals surface area contributed by atoms with Crippen molar-refractivity contribution in [3.05, 3.63) is 88.1 Å². The summed E-state index contributed by atoms with van der Waals surface area (Å²) >= 11 is 1.31. The number of hydrogen-bond acceptors (Lipinski definition) is 8. The lowest BCUT2D eigenvalue weighted by Gasteiger charge is -2.13. The normalized spacial score (nSPS) is 11.6. The summed E-state index contributed by atoms with van der Waals surface area (Å²) in [7, 11) is -2.49. The highest BCUT2D eigenvalue weighted by molar-refractivity contribution is 7.98. The molecule has 2 N–H and O–H groups in total. The molecule has 176 valence electrons. The molecule has 0 radical (unpaired) electrons. The first-order chi connectivity index (χ1) is 16.3. The Hall–Kier alpha value is -3.41. The minimum absolute atomic E-state index is 0.0294. The molecule has 2 aromatic carbocycles. The van der Waals surface area contributed by atoms with E-state index in [-0.39, 0.29) is 16.2 Å². The number of hydrogen-bond donors (Lipinski definition) is 1. The third-order valence-corrected chi connectivity index (χ3v) is 7.02. The van der Waals surface area contributed by atoms with E-state index in [0.29, 0.717) is 40.5 Å². The first-order valence-corrected chi connectivity index (χ1v) is 12.7. The molecule has 0 aliphatic carbocycles. The Kier molecular flexibility index (Phi) is 6.87. The van der Waals surface area contributed by atoms with Crippen LogP contribution in [0.1, 0.15) is 21.9 Å². The van der Waals surface area contributed by atoms with Crippen molar-refractivity contribution in [1.29, 1.82) is 0 Å². The van der Waals surface area contributed by atoms with E-state index < -0.39 is 16.0 Å². The van der Waals surface area contributed by atoms with Crippen LogP contribution in [0.15, 0.2) is 79.9 Å². The number of benzene rings is 2. The number of methoxy groups -OCH3 is 1. The van der Waals surface area contributed by atoms with Gasteiger partial charge in [-0.15, -0.1) is 0 Å². The maximum absolute atomic E-state index is 13.2. The molecule has 34 heavy (non-hydrogen) atoms. The van der Waals surface area contributed by atoms with Gasteiger partial charge in [0.15, 0.2) is 5.16 Å². The van der Waals surface area contributed by atoms with E-state index in [1.165, 1.54) is 37.1 Å². The lowest BCUT2D eigenvalue weighted by Crippen LogP contribution is -2.24. The molecule has 0 aliphatic rings. The molecule has 0 fully saturated rings. The number of carbonyl (C=O) groups excluding carboxylic acids is 1. The molecule has 2 heterocycles. The number of primary sulfonamides is 1. The number of nitrogens with zero attached hydrogens (tertiary/aromatic N) is 2. The molecule has 4 aromatic rings. The number of aryl methyl sites for hydroxylation is 1. The highest BCUT2D eigenvalue weighted by Gasteiger charge is 2.15. The quantitative estimate of drug-likeness (QED) is 0.222. The lowest BCUT2D eigenvalue weighted by molar-refractivity contribution is 0.0563. The molecule has 0 spiro atoms. The van der Waals surface area contributed by atoms with Gasteiger partial charge in [0, 0.05) is 6.54 Å². The number of ether oxygens (including phenoxy) is 1. The first kappa shape index (κ1) is 23.7. The van der Waals surface area contributed by atoms with Gasteiger partial charge in [-0.2, -0.15) is 0 Å². The summed E-state index contributed by atoms with van der Waals surface area (Å²) in [5, 5.41) is 6.16. The van der Waals surface area contributed by atoms with Gasteiger partial charge in [0.05, 0.1) is 28.7 Å². The Morgan fingerprint density at radius 3 is 2.56 bits per heavy atom. The fraction of sp³-hybridized carbons (Fsp3) is 0.174. The van der Waals surface area contributed by atoms with Gasteiger partial charge in [0.25, 0.3) is 5.56 Å². The Bertz CT molecular complexity index is 1510. The molecule has 0 saturated carbocycles. The van der Waals surface area contributed by atoms with Gasteiger partial charge in [-0.1, -0.05) is 36.0 Å². The van der Waals surface area contributed by atoms with Crippen molar-refractivity contribution in [2.24, 2.45) is 5.14 Å². The molecule has 0 amide bonds. The van der Waals surface area contributed by atoms with Gasteiger partial charge in [-0.05, 0) is 48.4 Å². The van der Waals surface area contributed by atoms with E-state index in [9.17, 15) is 18.0 Å². The summed E-state index contributed by atoms with van der Waals surface area (Å²) < 4.78 is 34.7. The molecule has 0 unspecified atom stereocenters. The molecule has 4 rings (SSSR count). The number of fused-ring (bicyclic) bond motifs is 1. The zero-order valence-electron chi connectivity index (χ0n) is 18.1. The van der Waals surface area contributed by atoms with Crippen LogP contribution in [0.5, 0.6) is 0 Å². The van der Waals surface area contributed by atoms with Crippen LogP contribution in [0.25, 0.3) is 10.9 Å². The number of esters is 1. The minimum Gasteiger partial charge on any atom is -0.463 e. The van der Waals surface area contributed by atoms with E-state index >= 15 is 0 Å². The Morgan fingerprint density at radius 1 is 1.12 bits per heavy atom. The average Bonchev–Trinajstić information content (AvgIpc) is 3.30. The number of para-hydroxylation sites is 1. The first-order valence-electron chi connectivity index (χ1n) is 10.2. The molecule has 11 heteroatoms.